The molecule has 0 saturated carbocycles. The van der Waals surface area contributed by atoms with Crippen molar-refractivity contribution >= 4 is 21.6 Å². The third kappa shape index (κ3) is 3.41. The molecule has 3 heterocycles. The highest BCUT2D eigenvalue weighted by Crippen LogP contribution is 2.37. The van der Waals surface area contributed by atoms with Crippen molar-refractivity contribution in [3.8, 4) is 5.75 Å². The van der Waals surface area contributed by atoms with Gasteiger partial charge in [-0.2, -0.15) is 0 Å². The molecule has 3 N–H and O–H groups in total. The van der Waals surface area contributed by atoms with Gasteiger partial charge in [-0.3, -0.25) is 4.79 Å². The molecule has 156 valence electrons. The van der Waals surface area contributed by atoms with E-state index in [9.17, 15) is 17.6 Å². The number of aromatic nitrogens is 1. The topological polar surface area (TPSA) is 101 Å². The number of rotatable bonds is 2. The number of carbonyl (C=O) groups is 1. The Kier molecular flexibility index (Phi) is 4.67. The summed E-state index contributed by atoms with van der Waals surface area (Å²) >= 11 is 0. The van der Waals surface area contributed by atoms with E-state index in [1.54, 1.807) is 14.0 Å². The highest BCUT2D eigenvalue weighted by molar-refractivity contribution is 7.89. The summed E-state index contributed by atoms with van der Waals surface area (Å²) in [5, 5.41) is 5.87. The maximum Gasteiger partial charge on any atom is 0.276 e. The van der Waals surface area contributed by atoms with Crippen molar-refractivity contribution in [2.45, 2.75) is 24.8 Å². The lowest BCUT2D eigenvalue weighted by molar-refractivity contribution is 0.100. The van der Waals surface area contributed by atoms with Gasteiger partial charge in [-0.15, -0.1) is 0 Å². The number of ether oxygens (including phenoxy) is 1. The molecule has 0 aliphatic carbocycles. The van der Waals surface area contributed by atoms with Crippen LogP contribution in [0.2, 0.25) is 0 Å². The largest absolute Gasteiger partial charge is 0.489 e. The SMILES string of the molecule is Cc1cc(NC(=O)c2c3c(cn2C)S(=O)(=O)N[C@H]2CNC[C@@]2(C)CO3)ccc1F. The first-order chi connectivity index (χ1) is 13.6. The van der Waals surface area contributed by atoms with E-state index in [1.165, 1.54) is 29.0 Å². The van der Waals surface area contributed by atoms with Crippen LogP contribution in [0.5, 0.6) is 5.75 Å². The van der Waals surface area contributed by atoms with Gasteiger partial charge in [-0.05, 0) is 30.7 Å². The number of hydrogen-bond acceptors (Lipinski definition) is 5. The summed E-state index contributed by atoms with van der Waals surface area (Å²) in [6.07, 6.45) is 1.37. The first-order valence-corrected chi connectivity index (χ1v) is 10.7. The van der Waals surface area contributed by atoms with Crippen LogP contribution in [0.1, 0.15) is 23.0 Å². The molecule has 2 aliphatic heterocycles. The number of anilines is 1. The van der Waals surface area contributed by atoms with Crippen molar-refractivity contribution in [1.29, 1.82) is 0 Å². The van der Waals surface area contributed by atoms with Crippen molar-refractivity contribution in [3.05, 3.63) is 41.5 Å². The van der Waals surface area contributed by atoms with E-state index < -0.39 is 21.3 Å². The van der Waals surface area contributed by atoms with Crippen LogP contribution in [0.25, 0.3) is 0 Å². The Bertz CT molecular complexity index is 1100. The average molecular weight is 422 g/mol. The monoisotopic (exact) mass is 422 g/mol. The molecule has 0 spiro atoms. The van der Waals surface area contributed by atoms with E-state index >= 15 is 0 Å². The maximum absolute atomic E-state index is 13.5. The Balaban J connectivity index is 1.72. The summed E-state index contributed by atoms with van der Waals surface area (Å²) < 4.78 is 49.5. The molecule has 8 nitrogen and oxygen atoms in total. The van der Waals surface area contributed by atoms with Crippen LogP contribution < -0.4 is 20.1 Å². The fraction of sp³-hybridized carbons (Fsp3) is 0.421. The van der Waals surface area contributed by atoms with Gasteiger partial charge in [-0.1, -0.05) is 6.92 Å². The van der Waals surface area contributed by atoms with Crippen molar-refractivity contribution in [3.63, 3.8) is 0 Å². The number of carbonyl (C=O) groups excluding carboxylic acids is 1. The predicted octanol–water partition coefficient (Wildman–Crippen LogP) is 1.37. The summed E-state index contributed by atoms with van der Waals surface area (Å²) in [4.78, 5) is 12.9. The number of hydrogen-bond donors (Lipinski definition) is 3. The van der Waals surface area contributed by atoms with Crippen LogP contribution in [0, 0.1) is 18.2 Å². The van der Waals surface area contributed by atoms with Crippen molar-refractivity contribution in [2.75, 3.05) is 25.0 Å². The quantitative estimate of drug-likeness (QED) is 0.679. The highest BCUT2D eigenvalue weighted by Gasteiger charge is 2.45. The zero-order valence-electron chi connectivity index (χ0n) is 16.4. The molecule has 29 heavy (non-hydrogen) atoms. The molecular formula is C19H23FN4O4S. The Morgan fingerprint density at radius 1 is 1.41 bits per heavy atom. The van der Waals surface area contributed by atoms with Gasteiger partial charge in [0.1, 0.15) is 10.7 Å². The van der Waals surface area contributed by atoms with Crippen molar-refractivity contribution in [1.82, 2.24) is 14.6 Å². The van der Waals surface area contributed by atoms with Crippen molar-refractivity contribution in [2.24, 2.45) is 12.5 Å². The van der Waals surface area contributed by atoms with Gasteiger partial charge in [0, 0.05) is 43.5 Å². The van der Waals surface area contributed by atoms with Gasteiger partial charge in [0.25, 0.3) is 5.91 Å². The molecule has 1 fully saturated rings. The summed E-state index contributed by atoms with van der Waals surface area (Å²) in [6, 6.07) is 3.91. The second-order valence-electron chi connectivity index (χ2n) is 7.95. The number of amides is 1. The van der Waals surface area contributed by atoms with E-state index in [0.717, 1.165) is 0 Å². The van der Waals surface area contributed by atoms with Gasteiger partial charge < -0.3 is 19.9 Å². The van der Waals surface area contributed by atoms with Gasteiger partial charge in [0.05, 0.1) is 6.61 Å². The Morgan fingerprint density at radius 3 is 2.90 bits per heavy atom. The van der Waals surface area contributed by atoms with Gasteiger partial charge in [0.2, 0.25) is 10.0 Å². The summed E-state index contributed by atoms with van der Waals surface area (Å²) in [6.45, 7) is 4.89. The van der Waals surface area contributed by atoms with E-state index in [1.807, 2.05) is 6.92 Å². The Hall–Kier alpha value is -2.43. The number of aryl methyl sites for hydroxylation is 2. The Morgan fingerprint density at radius 2 is 2.17 bits per heavy atom. The van der Waals surface area contributed by atoms with E-state index in [2.05, 4.69) is 15.4 Å². The lowest BCUT2D eigenvalue weighted by Gasteiger charge is -2.32. The minimum atomic E-state index is -3.88. The van der Waals surface area contributed by atoms with Crippen LogP contribution in [-0.2, 0) is 17.1 Å². The van der Waals surface area contributed by atoms with Crippen LogP contribution in [0.15, 0.2) is 29.3 Å². The van der Waals surface area contributed by atoms with E-state index in [-0.39, 0.29) is 34.8 Å². The molecule has 0 unspecified atom stereocenters. The summed E-state index contributed by atoms with van der Waals surface area (Å²) in [5.41, 5.74) is 0.436. The molecule has 0 radical (unpaired) electrons. The van der Waals surface area contributed by atoms with Crippen LogP contribution in [-0.4, -0.2) is 44.6 Å². The summed E-state index contributed by atoms with van der Waals surface area (Å²) in [7, 11) is -2.30. The van der Waals surface area contributed by atoms with Gasteiger partial charge in [0.15, 0.2) is 11.4 Å². The molecule has 2 aliphatic rings. The smallest absolute Gasteiger partial charge is 0.276 e. The fourth-order valence-corrected chi connectivity index (χ4v) is 5.34. The third-order valence-electron chi connectivity index (χ3n) is 5.59. The fourth-order valence-electron chi connectivity index (χ4n) is 3.78. The van der Waals surface area contributed by atoms with Crippen LogP contribution in [0.3, 0.4) is 0 Å². The predicted molar refractivity (Wildman–Crippen MR) is 105 cm³/mol. The molecule has 2 aromatic rings. The van der Waals surface area contributed by atoms with E-state index in [0.29, 0.717) is 24.3 Å². The average Bonchev–Trinajstić information content (AvgIpc) is 3.16. The second-order valence-corrected chi connectivity index (χ2v) is 9.63. The Labute approximate surface area is 168 Å². The first kappa shape index (κ1) is 19.9. The van der Waals surface area contributed by atoms with Crippen molar-refractivity contribution < 1.29 is 22.3 Å². The zero-order chi connectivity index (χ0) is 21.0. The number of nitrogens with one attached hydrogen (secondary N) is 3. The standard InChI is InChI=1S/C19H23FN4O4S/c1-11-6-12(4-5-13(11)20)22-18(25)16-17-14(8-24(16)3)29(26,27)23-15-7-21-9-19(15,2)10-28-17/h4-6,8,15,21,23H,7,9-10H2,1-3H3,(H,22,25)/t15-,19-/m0/s1. The molecule has 1 amide bonds. The number of benzene rings is 1. The number of nitrogens with zero attached hydrogens (tertiary/aromatic N) is 1. The van der Waals surface area contributed by atoms with Gasteiger partial charge >= 0.3 is 0 Å². The summed E-state index contributed by atoms with van der Waals surface area (Å²) in [5.74, 6) is -0.898. The normalized spacial score (nSPS) is 25.3. The molecule has 2 atom stereocenters. The number of halogens is 1. The lowest BCUT2D eigenvalue weighted by atomic mass is 9.87. The third-order valence-corrected chi connectivity index (χ3v) is 7.05. The number of sulfonamides is 1. The molecule has 1 aromatic heterocycles. The molecular weight excluding hydrogens is 399 g/mol. The van der Waals surface area contributed by atoms with Crippen LogP contribution in [0.4, 0.5) is 10.1 Å². The molecule has 1 aromatic carbocycles. The molecule has 1 saturated heterocycles. The van der Waals surface area contributed by atoms with E-state index in [4.69, 9.17) is 4.74 Å². The number of fused-ring (bicyclic) bond motifs is 2. The minimum Gasteiger partial charge on any atom is -0.489 e. The second kappa shape index (κ2) is 6.82. The van der Waals surface area contributed by atoms with Crippen LogP contribution >= 0.6 is 0 Å². The lowest BCUT2D eigenvalue weighted by Crippen LogP contribution is -2.49. The maximum atomic E-state index is 13.5. The van der Waals surface area contributed by atoms with Gasteiger partial charge in [-0.25, -0.2) is 17.5 Å². The molecule has 10 heteroatoms. The zero-order valence-corrected chi connectivity index (χ0v) is 17.2. The molecule has 4 rings (SSSR count). The highest BCUT2D eigenvalue weighted by atomic mass is 32.2. The first-order valence-electron chi connectivity index (χ1n) is 9.23. The molecule has 0 bridgehead atoms. The minimum absolute atomic E-state index is 0.0166.